The van der Waals surface area contributed by atoms with Gasteiger partial charge in [-0.05, 0) is 17.7 Å². The molecule has 0 aromatic heterocycles. The van der Waals surface area contributed by atoms with Gasteiger partial charge in [0.2, 0.25) is 0 Å². The lowest BCUT2D eigenvalue weighted by Gasteiger charge is -2.36. The molecule has 1 fully saturated rings. The molecule has 1 aromatic rings. The van der Waals surface area contributed by atoms with E-state index in [0.717, 1.165) is 30.5 Å². The fourth-order valence-corrected chi connectivity index (χ4v) is 2.48. The van der Waals surface area contributed by atoms with Crippen LogP contribution in [0.4, 0.5) is 0 Å². The molecule has 1 heterocycles. The van der Waals surface area contributed by atoms with E-state index < -0.39 is 0 Å². The standard InChI is InChI=1S/C12H15BrO2/c1-14-12(5-7-15-8-6-12)10-3-2-4-11(13)9-10/h2-4,9H,5-8H2,1H3. The summed E-state index contributed by atoms with van der Waals surface area (Å²) >= 11 is 3.50. The minimum absolute atomic E-state index is 0.151. The van der Waals surface area contributed by atoms with E-state index in [-0.39, 0.29) is 5.60 Å². The molecular formula is C12H15BrO2. The Morgan fingerprint density at radius 3 is 2.67 bits per heavy atom. The molecular weight excluding hydrogens is 256 g/mol. The maximum atomic E-state index is 5.72. The fourth-order valence-electron chi connectivity index (χ4n) is 2.08. The third kappa shape index (κ3) is 2.25. The molecule has 1 aromatic carbocycles. The van der Waals surface area contributed by atoms with Crippen LogP contribution in [0.2, 0.25) is 0 Å². The monoisotopic (exact) mass is 270 g/mol. The van der Waals surface area contributed by atoms with Gasteiger partial charge in [-0.15, -0.1) is 0 Å². The smallest absolute Gasteiger partial charge is 0.0971 e. The van der Waals surface area contributed by atoms with E-state index in [4.69, 9.17) is 9.47 Å². The molecule has 0 atom stereocenters. The highest BCUT2D eigenvalue weighted by atomic mass is 79.9. The van der Waals surface area contributed by atoms with E-state index in [1.165, 1.54) is 5.56 Å². The quantitative estimate of drug-likeness (QED) is 0.822. The Bertz CT molecular complexity index is 332. The van der Waals surface area contributed by atoms with Crippen molar-refractivity contribution >= 4 is 15.9 Å². The maximum Gasteiger partial charge on any atom is 0.0971 e. The first-order chi connectivity index (χ1) is 7.27. The first-order valence-electron chi connectivity index (χ1n) is 5.16. The predicted octanol–water partition coefficient (Wildman–Crippen LogP) is 3.10. The summed E-state index contributed by atoms with van der Waals surface area (Å²) < 4.78 is 12.2. The van der Waals surface area contributed by atoms with Gasteiger partial charge >= 0.3 is 0 Å². The van der Waals surface area contributed by atoms with Crippen molar-refractivity contribution in [1.82, 2.24) is 0 Å². The van der Waals surface area contributed by atoms with Gasteiger partial charge in [-0.1, -0.05) is 28.1 Å². The molecule has 1 aliphatic rings. The molecule has 0 unspecified atom stereocenters. The average Bonchev–Trinajstić information content (AvgIpc) is 2.30. The molecule has 0 saturated carbocycles. The van der Waals surface area contributed by atoms with Crippen molar-refractivity contribution in [3.8, 4) is 0 Å². The van der Waals surface area contributed by atoms with Crippen molar-refractivity contribution in [2.75, 3.05) is 20.3 Å². The van der Waals surface area contributed by atoms with E-state index in [0.29, 0.717) is 0 Å². The minimum atomic E-state index is -0.151. The second-order valence-electron chi connectivity index (χ2n) is 3.82. The number of rotatable bonds is 2. The SMILES string of the molecule is COC1(c2cccc(Br)c2)CCOCC1. The summed E-state index contributed by atoms with van der Waals surface area (Å²) in [6.45, 7) is 1.56. The summed E-state index contributed by atoms with van der Waals surface area (Å²) in [6.07, 6.45) is 1.86. The Morgan fingerprint density at radius 1 is 1.33 bits per heavy atom. The first-order valence-corrected chi connectivity index (χ1v) is 5.95. The van der Waals surface area contributed by atoms with Crippen LogP contribution in [0.1, 0.15) is 18.4 Å². The lowest BCUT2D eigenvalue weighted by Crippen LogP contribution is -2.35. The number of methoxy groups -OCH3 is 1. The molecule has 0 N–H and O–H groups in total. The van der Waals surface area contributed by atoms with Gasteiger partial charge in [0.25, 0.3) is 0 Å². The zero-order valence-corrected chi connectivity index (χ0v) is 10.4. The van der Waals surface area contributed by atoms with Crippen molar-refractivity contribution in [3.63, 3.8) is 0 Å². The molecule has 15 heavy (non-hydrogen) atoms. The average molecular weight is 271 g/mol. The predicted molar refractivity (Wildman–Crippen MR) is 62.9 cm³/mol. The highest BCUT2D eigenvalue weighted by molar-refractivity contribution is 9.10. The van der Waals surface area contributed by atoms with E-state index in [9.17, 15) is 0 Å². The van der Waals surface area contributed by atoms with Crippen LogP contribution >= 0.6 is 15.9 Å². The highest BCUT2D eigenvalue weighted by Gasteiger charge is 2.34. The zero-order chi connectivity index (χ0) is 10.7. The van der Waals surface area contributed by atoms with Crippen LogP contribution in [0, 0.1) is 0 Å². The van der Waals surface area contributed by atoms with E-state index in [1.54, 1.807) is 7.11 Å². The van der Waals surface area contributed by atoms with Gasteiger partial charge in [0, 0.05) is 37.6 Å². The second-order valence-corrected chi connectivity index (χ2v) is 4.74. The Labute approximate surface area is 98.7 Å². The van der Waals surface area contributed by atoms with Crippen molar-refractivity contribution < 1.29 is 9.47 Å². The molecule has 0 radical (unpaired) electrons. The third-order valence-corrected chi connectivity index (χ3v) is 3.54. The normalized spacial score (nSPS) is 20.1. The minimum Gasteiger partial charge on any atom is -0.381 e. The van der Waals surface area contributed by atoms with Gasteiger partial charge in [0.05, 0.1) is 5.60 Å². The van der Waals surface area contributed by atoms with Gasteiger partial charge in [0.15, 0.2) is 0 Å². The molecule has 0 aliphatic carbocycles. The molecule has 1 aliphatic heterocycles. The molecule has 82 valence electrons. The summed E-state index contributed by atoms with van der Waals surface area (Å²) in [7, 11) is 1.78. The van der Waals surface area contributed by atoms with Gasteiger partial charge in [-0.25, -0.2) is 0 Å². The van der Waals surface area contributed by atoms with Crippen LogP contribution in [0.15, 0.2) is 28.7 Å². The number of benzene rings is 1. The molecule has 0 spiro atoms. The molecule has 2 rings (SSSR count). The van der Waals surface area contributed by atoms with Crippen molar-refractivity contribution in [2.45, 2.75) is 18.4 Å². The summed E-state index contributed by atoms with van der Waals surface area (Å²) in [5.41, 5.74) is 1.09. The van der Waals surface area contributed by atoms with E-state index in [2.05, 4.69) is 34.1 Å². The molecule has 2 nitrogen and oxygen atoms in total. The molecule has 0 bridgehead atoms. The third-order valence-electron chi connectivity index (χ3n) is 3.04. The van der Waals surface area contributed by atoms with Crippen molar-refractivity contribution in [1.29, 1.82) is 0 Å². The number of hydrogen-bond acceptors (Lipinski definition) is 2. The van der Waals surface area contributed by atoms with Gasteiger partial charge in [-0.2, -0.15) is 0 Å². The van der Waals surface area contributed by atoms with Crippen LogP contribution in [-0.4, -0.2) is 20.3 Å². The Balaban J connectivity index is 2.32. The largest absolute Gasteiger partial charge is 0.381 e. The molecule has 1 saturated heterocycles. The van der Waals surface area contributed by atoms with E-state index >= 15 is 0 Å². The topological polar surface area (TPSA) is 18.5 Å². The number of hydrogen-bond donors (Lipinski definition) is 0. The van der Waals surface area contributed by atoms with Crippen LogP contribution in [0.3, 0.4) is 0 Å². The second kappa shape index (κ2) is 4.64. The molecule has 0 amide bonds. The van der Waals surface area contributed by atoms with Crippen LogP contribution < -0.4 is 0 Å². The lowest BCUT2D eigenvalue weighted by atomic mass is 9.86. The Kier molecular flexibility index (Phi) is 3.44. The van der Waals surface area contributed by atoms with Crippen LogP contribution in [0.25, 0.3) is 0 Å². The summed E-state index contributed by atoms with van der Waals surface area (Å²) in [5, 5.41) is 0. The zero-order valence-electron chi connectivity index (χ0n) is 8.83. The Morgan fingerprint density at radius 2 is 2.07 bits per heavy atom. The van der Waals surface area contributed by atoms with Crippen LogP contribution in [-0.2, 0) is 15.1 Å². The highest BCUT2D eigenvalue weighted by Crippen LogP contribution is 2.36. The first kappa shape index (κ1) is 11.1. The van der Waals surface area contributed by atoms with Gasteiger partial charge in [0.1, 0.15) is 0 Å². The van der Waals surface area contributed by atoms with Gasteiger partial charge < -0.3 is 9.47 Å². The fraction of sp³-hybridized carbons (Fsp3) is 0.500. The number of ether oxygens (including phenoxy) is 2. The maximum absolute atomic E-state index is 5.72. The van der Waals surface area contributed by atoms with Crippen LogP contribution in [0.5, 0.6) is 0 Å². The molecule has 3 heteroatoms. The van der Waals surface area contributed by atoms with Crippen molar-refractivity contribution in [2.24, 2.45) is 0 Å². The Hall–Kier alpha value is -0.380. The van der Waals surface area contributed by atoms with Crippen molar-refractivity contribution in [3.05, 3.63) is 34.3 Å². The van der Waals surface area contributed by atoms with E-state index in [1.807, 2.05) is 6.07 Å². The van der Waals surface area contributed by atoms with Gasteiger partial charge in [-0.3, -0.25) is 0 Å². The lowest BCUT2D eigenvalue weighted by molar-refractivity contribution is -0.0948. The summed E-state index contributed by atoms with van der Waals surface area (Å²) in [4.78, 5) is 0. The number of halogens is 1. The summed E-state index contributed by atoms with van der Waals surface area (Å²) in [6, 6.07) is 8.34. The summed E-state index contributed by atoms with van der Waals surface area (Å²) in [5.74, 6) is 0.